The lowest BCUT2D eigenvalue weighted by atomic mass is 10.0. The Morgan fingerprint density at radius 3 is 2.37 bits per heavy atom. The van der Waals surface area contributed by atoms with Crippen LogP contribution in [-0.4, -0.2) is 29.5 Å². The Hall–Kier alpha value is -3.28. The maximum absolute atomic E-state index is 13.0. The van der Waals surface area contributed by atoms with Crippen molar-refractivity contribution in [2.45, 2.75) is 26.8 Å². The second kappa shape index (κ2) is 6.46. The highest BCUT2D eigenvalue weighted by atomic mass is 16.7. The van der Waals surface area contributed by atoms with Gasteiger partial charge in [0.2, 0.25) is 6.79 Å². The number of aryl methyl sites for hydroxylation is 1. The van der Waals surface area contributed by atoms with Crippen LogP contribution >= 0.6 is 0 Å². The summed E-state index contributed by atoms with van der Waals surface area (Å²) in [7, 11) is 0. The molecule has 0 atom stereocenters. The fourth-order valence-electron chi connectivity index (χ4n) is 3.24. The van der Waals surface area contributed by atoms with E-state index in [4.69, 9.17) is 9.47 Å². The summed E-state index contributed by atoms with van der Waals surface area (Å²) in [6, 6.07) is 12.7. The van der Waals surface area contributed by atoms with E-state index < -0.39 is 0 Å². The minimum absolute atomic E-state index is 0.175. The van der Waals surface area contributed by atoms with Crippen molar-refractivity contribution in [3.05, 3.63) is 59.3 Å². The summed E-state index contributed by atoms with van der Waals surface area (Å²) in [5.41, 5.74) is 3.11. The van der Waals surface area contributed by atoms with E-state index in [0.717, 1.165) is 5.56 Å². The third kappa shape index (κ3) is 2.93. The molecular formula is C21H20N2O4. The Bertz CT molecular complexity index is 961. The summed E-state index contributed by atoms with van der Waals surface area (Å²) in [4.78, 5) is 27.3. The molecule has 2 aromatic rings. The largest absolute Gasteiger partial charge is 0.454 e. The van der Waals surface area contributed by atoms with Gasteiger partial charge in [0.15, 0.2) is 11.5 Å². The summed E-state index contributed by atoms with van der Waals surface area (Å²) < 4.78 is 10.7. The van der Waals surface area contributed by atoms with E-state index in [1.54, 1.807) is 18.2 Å². The molecule has 2 aliphatic rings. The van der Waals surface area contributed by atoms with Crippen LogP contribution in [0.5, 0.6) is 11.5 Å². The van der Waals surface area contributed by atoms with Gasteiger partial charge in [0.25, 0.3) is 11.8 Å². The molecule has 0 saturated heterocycles. The molecule has 0 unspecified atom stereocenters. The van der Waals surface area contributed by atoms with Crippen molar-refractivity contribution in [2.24, 2.45) is 0 Å². The lowest BCUT2D eigenvalue weighted by Crippen LogP contribution is -2.38. The van der Waals surface area contributed by atoms with E-state index in [-0.39, 0.29) is 30.3 Å². The van der Waals surface area contributed by atoms with E-state index in [0.29, 0.717) is 28.3 Å². The van der Waals surface area contributed by atoms with Crippen LogP contribution in [0.15, 0.2) is 48.2 Å². The number of hydrogen-bond acceptors (Lipinski definition) is 5. The molecule has 0 aromatic heterocycles. The van der Waals surface area contributed by atoms with E-state index >= 15 is 0 Å². The predicted octanol–water partition coefficient (Wildman–Crippen LogP) is 3.32. The van der Waals surface area contributed by atoms with Gasteiger partial charge in [0, 0.05) is 17.8 Å². The van der Waals surface area contributed by atoms with Crippen molar-refractivity contribution < 1.29 is 19.1 Å². The fraction of sp³-hybridized carbons (Fsp3) is 0.238. The minimum Gasteiger partial charge on any atom is -0.454 e. The van der Waals surface area contributed by atoms with Gasteiger partial charge in [-0.3, -0.25) is 14.5 Å². The van der Waals surface area contributed by atoms with Crippen LogP contribution in [0.2, 0.25) is 0 Å². The summed E-state index contributed by atoms with van der Waals surface area (Å²) in [6.07, 6.45) is 0. The van der Waals surface area contributed by atoms with Crippen molar-refractivity contribution in [3.63, 3.8) is 0 Å². The molecule has 2 aliphatic heterocycles. The summed E-state index contributed by atoms with van der Waals surface area (Å²) in [5.74, 6) is 0.645. The van der Waals surface area contributed by atoms with Crippen LogP contribution in [-0.2, 0) is 9.59 Å². The molecule has 0 saturated carbocycles. The first-order valence-electron chi connectivity index (χ1n) is 8.81. The molecule has 0 fully saturated rings. The normalized spacial score (nSPS) is 15.9. The third-order valence-electron chi connectivity index (χ3n) is 4.61. The number of carbonyl (C=O) groups excluding carboxylic acids is 2. The van der Waals surface area contributed by atoms with Gasteiger partial charge in [0.1, 0.15) is 5.70 Å². The molecular weight excluding hydrogens is 344 g/mol. The number of nitrogens with zero attached hydrogens (tertiary/aromatic N) is 1. The van der Waals surface area contributed by atoms with Gasteiger partial charge in [-0.25, -0.2) is 0 Å². The average molecular weight is 364 g/mol. The highest BCUT2D eigenvalue weighted by Gasteiger charge is 2.40. The lowest BCUT2D eigenvalue weighted by Gasteiger charge is -2.19. The number of imide groups is 1. The number of amides is 2. The third-order valence-corrected chi connectivity index (χ3v) is 4.61. The van der Waals surface area contributed by atoms with E-state index in [9.17, 15) is 9.59 Å². The van der Waals surface area contributed by atoms with Crippen LogP contribution in [0.3, 0.4) is 0 Å². The Kier molecular flexibility index (Phi) is 4.11. The molecule has 0 bridgehead atoms. The van der Waals surface area contributed by atoms with Crippen LogP contribution < -0.4 is 14.8 Å². The SMILES string of the molecule is Cc1ccc(C2=C(Nc3ccc4c(c3)OCO4)C(=O)N(C(C)C)C2=O)cc1. The minimum atomic E-state index is -0.330. The summed E-state index contributed by atoms with van der Waals surface area (Å²) in [5, 5.41) is 3.13. The van der Waals surface area contributed by atoms with Gasteiger partial charge in [0.05, 0.1) is 5.57 Å². The number of benzene rings is 2. The number of hydrogen-bond donors (Lipinski definition) is 1. The quantitative estimate of drug-likeness (QED) is 0.843. The molecule has 2 heterocycles. The zero-order valence-corrected chi connectivity index (χ0v) is 15.4. The highest BCUT2D eigenvalue weighted by Crippen LogP contribution is 2.36. The molecule has 0 aliphatic carbocycles. The highest BCUT2D eigenvalue weighted by molar-refractivity contribution is 6.36. The molecule has 2 amide bonds. The van der Waals surface area contributed by atoms with Crippen molar-refractivity contribution in [1.82, 2.24) is 4.90 Å². The summed E-state index contributed by atoms with van der Waals surface area (Å²) >= 11 is 0. The van der Waals surface area contributed by atoms with E-state index in [1.165, 1.54) is 4.90 Å². The first-order chi connectivity index (χ1) is 13.0. The lowest BCUT2D eigenvalue weighted by molar-refractivity contribution is -0.138. The maximum atomic E-state index is 13.0. The Balaban J connectivity index is 1.78. The maximum Gasteiger partial charge on any atom is 0.278 e. The van der Waals surface area contributed by atoms with Crippen LogP contribution in [0.4, 0.5) is 5.69 Å². The number of ether oxygens (including phenoxy) is 2. The number of rotatable bonds is 4. The molecule has 2 aromatic carbocycles. The molecule has 6 nitrogen and oxygen atoms in total. The van der Waals surface area contributed by atoms with Crippen molar-refractivity contribution in [2.75, 3.05) is 12.1 Å². The molecule has 0 radical (unpaired) electrons. The molecule has 1 N–H and O–H groups in total. The molecule has 0 spiro atoms. The fourth-order valence-corrected chi connectivity index (χ4v) is 3.24. The first-order valence-corrected chi connectivity index (χ1v) is 8.81. The molecule has 138 valence electrons. The van der Waals surface area contributed by atoms with E-state index in [1.807, 2.05) is 45.0 Å². The summed E-state index contributed by atoms with van der Waals surface area (Å²) in [6.45, 7) is 5.80. The Morgan fingerprint density at radius 2 is 1.67 bits per heavy atom. The van der Waals surface area contributed by atoms with Crippen LogP contribution in [0.25, 0.3) is 5.57 Å². The first kappa shape index (κ1) is 17.1. The van der Waals surface area contributed by atoms with Gasteiger partial charge in [-0.1, -0.05) is 29.8 Å². The number of fused-ring (bicyclic) bond motifs is 1. The topological polar surface area (TPSA) is 67.9 Å². The van der Waals surface area contributed by atoms with Crippen LogP contribution in [0, 0.1) is 6.92 Å². The van der Waals surface area contributed by atoms with Gasteiger partial charge < -0.3 is 14.8 Å². The second-order valence-electron chi connectivity index (χ2n) is 6.88. The zero-order chi connectivity index (χ0) is 19.1. The standard InChI is InChI=1S/C21H20N2O4/c1-12(2)23-20(24)18(14-6-4-13(3)5-7-14)19(21(23)25)22-15-8-9-16-17(10-15)27-11-26-16/h4-10,12,22H,11H2,1-3H3. The van der Waals surface area contributed by atoms with Gasteiger partial charge in [-0.2, -0.15) is 0 Å². The average Bonchev–Trinajstić information content (AvgIpc) is 3.18. The molecule has 6 heteroatoms. The number of carbonyl (C=O) groups is 2. The Labute approximate surface area is 157 Å². The smallest absolute Gasteiger partial charge is 0.278 e. The Morgan fingerprint density at radius 1 is 0.963 bits per heavy atom. The second-order valence-corrected chi connectivity index (χ2v) is 6.88. The van der Waals surface area contributed by atoms with E-state index in [2.05, 4.69) is 5.32 Å². The number of nitrogens with one attached hydrogen (secondary N) is 1. The number of anilines is 1. The molecule has 27 heavy (non-hydrogen) atoms. The van der Waals surface area contributed by atoms with Gasteiger partial charge in [-0.15, -0.1) is 0 Å². The van der Waals surface area contributed by atoms with Gasteiger partial charge >= 0.3 is 0 Å². The molecule has 4 rings (SSSR count). The monoisotopic (exact) mass is 364 g/mol. The van der Waals surface area contributed by atoms with Crippen molar-refractivity contribution in [1.29, 1.82) is 0 Å². The van der Waals surface area contributed by atoms with Gasteiger partial charge in [-0.05, 0) is 38.5 Å². The van der Waals surface area contributed by atoms with Crippen LogP contribution in [0.1, 0.15) is 25.0 Å². The predicted molar refractivity (Wildman–Crippen MR) is 101 cm³/mol. The van der Waals surface area contributed by atoms with Crippen molar-refractivity contribution >= 4 is 23.1 Å². The van der Waals surface area contributed by atoms with Crippen molar-refractivity contribution in [3.8, 4) is 11.5 Å². The zero-order valence-electron chi connectivity index (χ0n) is 15.4.